The van der Waals surface area contributed by atoms with Gasteiger partial charge in [0.15, 0.2) is 0 Å². The van der Waals surface area contributed by atoms with Gasteiger partial charge in [-0.25, -0.2) is 0 Å². The van der Waals surface area contributed by atoms with Gasteiger partial charge in [0.05, 0.1) is 87.1 Å². The van der Waals surface area contributed by atoms with Crippen LogP contribution in [0.2, 0.25) is 0 Å². The van der Waals surface area contributed by atoms with Gasteiger partial charge in [0.1, 0.15) is 61.0 Å². The van der Waals surface area contributed by atoms with E-state index in [9.17, 15) is 19.2 Å². The molecule has 0 saturated carbocycles. The summed E-state index contributed by atoms with van der Waals surface area (Å²) in [6.45, 7) is 0.761. The molecule has 0 fully saturated rings. The molecule has 0 aromatic rings. The van der Waals surface area contributed by atoms with Crippen LogP contribution in [-0.2, 0) is 19.2 Å². The molecular formula is C32H74O28S4. The molecule has 32 heteroatoms. The molecule has 0 aromatic carbocycles. The Kier molecular flexibility index (Phi) is 74.3. The molecule has 0 bridgehead atoms. The van der Waals surface area contributed by atoms with Gasteiger partial charge in [0.25, 0.3) is 0 Å². The minimum absolute atomic E-state index is 0.526. The van der Waals surface area contributed by atoms with Gasteiger partial charge in [-0.1, -0.05) is 0 Å². The molecule has 0 spiro atoms. The van der Waals surface area contributed by atoms with Gasteiger partial charge in [-0.2, -0.15) is 50.5 Å². The number of aliphatic hydroxyl groups is 20. The number of carbonyl (C=O) groups is 4. The first kappa shape index (κ1) is 82.6. The Labute approximate surface area is 390 Å². The van der Waals surface area contributed by atoms with Gasteiger partial charge >= 0.3 is 23.9 Å². The molecule has 4 unspecified atom stereocenters. The third-order valence-electron chi connectivity index (χ3n) is 5.52. The van der Waals surface area contributed by atoms with Crippen LogP contribution in [0.25, 0.3) is 0 Å². The maximum absolute atomic E-state index is 9.62. The normalized spacial score (nSPS) is 16.4. The van der Waals surface area contributed by atoms with Crippen LogP contribution in [0.1, 0.15) is 27.7 Å². The van der Waals surface area contributed by atoms with Crippen LogP contribution in [0.5, 0.6) is 0 Å². The van der Waals surface area contributed by atoms with E-state index in [1.807, 2.05) is 0 Å². The van der Waals surface area contributed by atoms with Crippen LogP contribution in [0.3, 0.4) is 0 Å². The topological polar surface area (TPSA) is 554 Å². The highest BCUT2D eigenvalue weighted by atomic mass is 32.1. The number of aliphatic hydroxyl groups excluding tert-OH is 20. The number of carboxylic acid groups (broad SMARTS) is 4. The first-order valence-corrected chi connectivity index (χ1v) is 19.8. The second-order valence-corrected chi connectivity index (χ2v) is 14.7. The zero-order chi connectivity index (χ0) is 53.5. The minimum Gasteiger partial charge on any atom is -0.480 e. The predicted octanol–water partition coefficient (Wildman–Crippen LogP) is -9.98. The Morgan fingerprint density at radius 1 is 0.266 bits per heavy atom. The Balaban J connectivity index is -0.0000000762. The van der Waals surface area contributed by atoms with Gasteiger partial charge in [0.2, 0.25) is 0 Å². The molecule has 0 saturated heterocycles. The number of aliphatic carboxylic acids is 4. The molecule has 0 aliphatic carbocycles. The Hall–Kier alpha value is -1.52. The Morgan fingerprint density at radius 3 is 0.328 bits per heavy atom. The summed E-state index contributed by atoms with van der Waals surface area (Å²) in [5.41, 5.74) is 0. The van der Waals surface area contributed by atoms with E-state index in [-0.39, 0.29) is 0 Å². The quantitative estimate of drug-likeness (QED) is 0.0534. The molecule has 0 amide bonds. The van der Waals surface area contributed by atoms with Crippen molar-refractivity contribution in [1.82, 2.24) is 0 Å². The standard InChI is InChI=1S/5C4H10O4.4C3H6O2S/c5*5-1-3(7)4(8)2-6;4*1-2(6)3(4)5/h5*3-8H,1-2H2;4*2,6H,1H3,(H,4,5)/t5*3-,4+;;;;. The molecule has 0 aliphatic heterocycles. The fraction of sp³-hybridized carbons (Fsp3) is 0.875. The molecular weight excluding hydrogens is 961 g/mol. The van der Waals surface area contributed by atoms with Crippen LogP contribution < -0.4 is 0 Å². The molecule has 24 N–H and O–H groups in total. The Bertz CT molecular complexity index is 802. The van der Waals surface area contributed by atoms with Crippen molar-refractivity contribution >= 4 is 74.4 Å². The van der Waals surface area contributed by atoms with E-state index in [1.54, 1.807) is 0 Å². The first-order valence-electron chi connectivity index (χ1n) is 17.7. The van der Waals surface area contributed by atoms with Gasteiger partial charge in [0, 0.05) is 0 Å². The lowest BCUT2D eigenvalue weighted by Gasteiger charge is -2.10. The second-order valence-electron chi connectivity index (χ2n) is 11.6. The summed E-state index contributed by atoms with van der Waals surface area (Å²) in [6, 6.07) is 0. The molecule has 0 aromatic heterocycles. The SMILES string of the molecule is CC(S)C(=O)O.CC(S)C(=O)O.CC(S)C(=O)O.CC(S)C(=O)O.OC[C@@H](O)[C@@H](O)CO.OC[C@@H](O)[C@@H](O)CO.OC[C@@H](O)[C@@H](O)CO.OC[C@@H](O)[C@@H](O)CO.OC[C@@H](O)[C@@H](O)CO. The molecule has 0 rings (SSSR count). The average molecular weight is 1040 g/mol. The molecule has 64 heavy (non-hydrogen) atoms. The van der Waals surface area contributed by atoms with Crippen LogP contribution in [-0.4, -0.2) is 295 Å². The van der Waals surface area contributed by atoms with Crippen molar-refractivity contribution in [2.45, 2.75) is 110 Å². The summed E-state index contributed by atoms with van der Waals surface area (Å²) < 4.78 is 0. The number of rotatable bonds is 19. The molecule has 0 heterocycles. The fourth-order valence-corrected chi connectivity index (χ4v) is 1.22. The minimum atomic E-state index is -1.22. The summed E-state index contributed by atoms with van der Waals surface area (Å²) in [5.74, 6) is -3.51. The van der Waals surface area contributed by atoms with E-state index >= 15 is 0 Å². The van der Waals surface area contributed by atoms with Crippen LogP contribution in [0.15, 0.2) is 0 Å². The average Bonchev–Trinajstić information content (AvgIpc) is 3.27. The van der Waals surface area contributed by atoms with Gasteiger partial charge in [-0.15, -0.1) is 0 Å². The maximum atomic E-state index is 9.62. The summed E-state index contributed by atoms with van der Waals surface area (Å²) in [7, 11) is 0. The monoisotopic (exact) mass is 1030 g/mol. The van der Waals surface area contributed by atoms with Crippen molar-refractivity contribution in [2.75, 3.05) is 66.1 Å². The van der Waals surface area contributed by atoms with Gasteiger partial charge < -0.3 is 123 Å². The van der Waals surface area contributed by atoms with Crippen LogP contribution in [0, 0.1) is 0 Å². The van der Waals surface area contributed by atoms with Crippen molar-refractivity contribution in [3.05, 3.63) is 0 Å². The molecule has 14 atom stereocenters. The summed E-state index contributed by atoms with van der Waals surface area (Å²) in [4.78, 5) is 38.5. The molecule has 0 aliphatic rings. The van der Waals surface area contributed by atoms with Crippen molar-refractivity contribution in [1.29, 1.82) is 0 Å². The molecule has 394 valence electrons. The van der Waals surface area contributed by atoms with E-state index < -0.39 is 172 Å². The third kappa shape index (κ3) is 72.1. The van der Waals surface area contributed by atoms with Crippen molar-refractivity contribution in [3.63, 3.8) is 0 Å². The second kappa shape index (κ2) is 57.6. The highest BCUT2D eigenvalue weighted by Gasteiger charge is 2.15. The first-order chi connectivity index (χ1) is 29.2. The lowest BCUT2D eigenvalue weighted by Crippen LogP contribution is -2.31. The van der Waals surface area contributed by atoms with E-state index in [2.05, 4.69) is 50.5 Å². The predicted molar refractivity (Wildman–Crippen MR) is 235 cm³/mol. The van der Waals surface area contributed by atoms with E-state index in [0.29, 0.717) is 0 Å². The third-order valence-corrected chi connectivity index (χ3v) is 6.40. The van der Waals surface area contributed by atoms with Crippen molar-refractivity contribution in [3.8, 4) is 0 Å². The number of hydrogen-bond donors (Lipinski definition) is 28. The summed E-state index contributed by atoms with van der Waals surface area (Å²) in [6.07, 6.45) is -12.2. The highest BCUT2D eigenvalue weighted by molar-refractivity contribution is 7.82. The number of carboxylic acids is 4. The summed E-state index contributed by atoms with van der Waals surface area (Å²) >= 11 is 14.4. The zero-order valence-corrected chi connectivity index (χ0v) is 38.9. The largest absolute Gasteiger partial charge is 0.480 e. The summed E-state index contributed by atoms with van der Waals surface area (Å²) in [5, 5.41) is 195. The van der Waals surface area contributed by atoms with Crippen LogP contribution >= 0.6 is 50.5 Å². The van der Waals surface area contributed by atoms with E-state index in [1.165, 1.54) is 27.7 Å². The van der Waals surface area contributed by atoms with E-state index in [0.717, 1.165) is 0 Å². The highest BCUT2D eigenvalue weighted by Crippen LogP contribution is 1.93. The Morgan fingerprint density at radius 2 is 0.312 bits per heavy atom. The van der Waals surface area contributed by atoms with Crippen molar-refractivity contribution < 1.29 is 142 Å². The van der Waals surface area contributed by atoms with Crippen molar-refractivity contribution in [2.24, 2.45) is 0 Å². The van der Waals surface area contributed by atoms with Gasteiger partial charge in [-0.3, -0.25) is 19.2 Å². The molecule has 28 nitrogen and oxygen atoms in total. The number of thiol groups is 4. The lowest BCUT2D eigenvalue weighted by molar-refractivity contribution is -0.137. The van der Waals surface area contributed by atoms with Gasteiger partial charge in [-0.05, 0) is 27.7 Å². The van der Waals surface area contributed by atoms with E-state index in [4.69, 9.17) is 123 Å². The fourth-order valence-electron chi connectivity index (χ4n) is 1.22. The number of hydrogen-bond acceptors (Lipinski definition) is 28. The zero-order valence-electron chi connectivity index (χ0n) is 35.3. The lowest BCUT2D eigenvalue weighted by atomic mass is 10.2. The molecule has 0 radical (unpaired) electrons. The maximum Gasteiger partial charge on any atom is 0.316 e. The van der Waals surface area contributed by atoms with Crippen LogP contribution in [0.4, 0.5) is 0 Å². The smallest absolute Gasteiger partial charge is 0.316 e.